The van der Waals surface area contributed by atoms with E-state index in [0.29, 0.717) is 23.3 Å². The fourth-order valence-corrected chi connectivity index (χ4v) is 1.55. The number of aromatic nitrogens is 1. The fourth-order valence-electron chi connectivity index (χ4n) is 1.40. The van der Waals surface area contributed by atoms with E-state index in [4.69, 9.17) is 20.8 Å². The molecular weight excluding hydrogens is 242 g/mol. The highest BCUT2D eigenvalue weighted by atomic mass is 35.5. The van der Waals surface area contributed by atoms with Gasteiger partial charge in [0.15, 0.2) is 5.22 Å². The summed E-state index contributed by atoms with van der Waals surface area (Å²) < 4.78 is 10.7. The van der Waals surface area contributed by atoms with Crippen molar-refractivity contribution in [2.45, 2.75) is 5.92 Å². The second kappa shape index (κ2) is 5.70. The number of hydrogen-bond donors (Lipinski definition) is 1. The molecule has 4 nitrogen and oxygen atoms in total. The lowest BCUT2D eigenvalue weighted by molar-refractivity contribution is 0.190. The van der Waals surface area contributed by atoms with Gasteiger partial charge in [-0.15, -0.1) is 0 Å². The first-order chi connectivity index (χ1) is 8.29. The van der Waals surface area contributed by atoms with Crippen molar-refractivity contribution in [1.82, 2.24) is 4.98 Å². The molecule has 1 atom stereocenters. The van der Waals surface area contributed by atoms with Crippen molar-refractivity contribution >= 4 is 11.6 Å². The molecule has 2 heterocycles. The lowest BCUT2D eigenvalue weighted by atomic mass is 10.1. The highest BCUT2D eigenvalue weighted by molar-refractivity contribution is 6.28. The van der Waals surface area contributed by atoms with Crippen LogP contribution >= 0.6 is 11.6 Å². The third-order valence-electron chi connectivity index (χ3n) is 2.30. The van der Waals surface area contributed by atoms with Crippen LogP contribution in [0.15, 0.2) is 41.1 Å². The Morgan fingerprint density at radius 2 is 2.29 bits per heavy atom. The van der Waals surface area contributed by atoms with E-state index in [9.17, 15) is 5.11 Å². The van der Waals surface area contributed by atoms with Crippen molar-refractivity contribution in [3.8, 4) is 5.75 Å². The minimum Gasteiger partial charge on any atom is -0.491 e. The van der Waals surface area contributed by atoms with E-state index in [1.54, 1.807) is 36.7 Å². The Morgan fingerprint density at radius 3 is 2.88 bits per heavy atom. The van der Waals surface area contributed by atoms with Crippen LogP contribution in [-0.4, -0.2) is 23.3 Å². The SMILES string of the molecule is OCC(COc1cccnc1)c1ccc(Cl)o1. The van der Waals surface area contributed by atoms with Crippen LogP contribution in [-0.2, 0) is 0 Å². The number of halogens is 1. The van der Waals surface area contributed by atoms with Crippen molar-refractivity contribution in [2.24, 2.45) is 0 Å². The standard InChI is InChI=1S/C12H12ClNO3/c13-12-4-3-11(17-12)9(7-15)8-16-10-2-1-5-14-6-10/h1-6,9,15H,7-8H2. The predicted molar refractivity (Wildman–Crippen MR) is 63.3 cm³/mol. The monoisotopic (exact) mass is 253 g/mol. The number of aliphatic hydroxyl groups excluding tert-OH is 1. The number of nitrogens with zero attached hydrogens (tertiary/aromatic N) is 1. The molecule has 0 spiro atoms. The molecule has 0 amide bonds. The zero-order valence-corrected chi connectivity index (χ0v) is 9.80. The Hall–Kier alpha value is -1.52. The molecule has 1 N–H and O–H groups in total. The van der Waals surface area contributed by atoms with Crippen molar-refractivity contribution in [1.29, 1.82) is 0 Å². The first kappa shape index (κ1) is 12.0. The molecule has 0 bridgehead atoms. The smallest absolute Gasteiger partial charge is 0.193 e. The van der Waals surface area contributed by atoms with Gasteiger partial charge in [0.25, 0.3) is 0 Å². The summed E-state index contributed by atoms with van der Waals surface area (Å²) in [6.07, 6.45) is 3.28. The lowest BCUT2D eigenvalue weighted by Crippen LogP contribution is -2.13. The van der Waals surface area contributed by atoms with Gasteiger partial charge in [-0.1, -0.05) is 0 Å². The summed E-state index contributed by atoms with van der Waals surface area (Å²) in [5.74, 6) is 1.03. The molecule has 0 radical (unpaired) electrons. The van der Waals surface area contributed by atoms with Crippen molar-refractivity contribution in [3.05, 3.63) is 47.6 Å². The third kappa shape index (κ3) is 3.22. The average Bonchev–Trinajstić information content (AvgIpc) is 2.78. The average molecular weight is 254 g/mol. The first-order valence-electron chi connectivity index (χ1n) is 5.18. The van der Waals surface area contributed by atoms with Gasteiger partial charge in [0, 0.05) is 6.20 Å². The second-order valence-corrected chi connectivity index (χ2v) is 3.89. The molecule has 17 heavy (non-hydrogen) atoms. The highest BCUT2D eigenvalue weighted by Gasteiger charge is 2.15. The summed E-state index contributed by atoms with van der Waals surface area (Å²) in [6, 6.07) is 6.96. The maximum Gasteiger partial charge on any atom is 0.193 e. The Kier molecular flexibility index (Phi) is 4.01. The van der Waals surface area contributed by atoms with Crippen LogP contribution in [0.4, 0.5) is 0 Å². The van der Waals surface area contributed by atoms with Gasteiger partial charge in [-0.25, -0.2) is 0 Å². The molecule has 0 saturated heterocycles. The summed E-state index contributed by atoms with van der Waals surface area (Å²) >= 11 is 5.68. The molecule has 0 fully saturated rings. The molecule has 1 unspecified atom stereocenters. The van der Waals surface area contributed by atoms with Crippen LogP contribution in [0.3, 0.4) is 0 Å². The Balaban J connectivity index is 1.97. The molecule has 0 aliphatic carbocycles. The Labute approximate surface area is 104 Å². The van der Waals surface area contributed by atoms with Crippen molar-refractivity contribution in [2.75, 3.05) is 13.2 Å². The summed E-state index contributed by atoms with van der Waals surface area (Å²) in [4.78, 5) is 3.93. The van der Waals surface area contributed by atoms with E-state index in [-0.39, 0.29) is 12.5 Å². The topological polar surface area (TPSA) is 55.5 Å². The molecule has 2 rings (SSSR count). The predicted octanol–water partition coefficient (Wildman–Crippen LogP) is 2.48. The largest absolute Gasteiger partial charge is 0.491 e. The van der Waals surface area contributed by atoms with Gasteiger partial charge >= 0.3 is 0 Å². The van der Waals surface area contributed by atoms with E-state index < -0.39 is 0 Å². The van der Waals surface area contributed by atoms with Gasteiger partial charge in [0.2, 0.25) is 0 Å². The van der Waals surface area contributed by atoms with E-state index in [0.717, 1.165) is 0 Å². The van der Waals surface area contributed by atoms with Crippen LogP contribution in [0.5, 0.6) is 5.75 Å². The van der Waals surface area contributed by atoms with Gasteiger partial charge in [-0.2, -0.15) is 0 Å². The van der Waals surface area contributed by atoms with Crippen LogP contribution in [0.2, 0.25) is 5.22 Å². The summed E-state index contributed by atoms with van der Waals surface area (Å²) in [6.45, 7) is 0.246. The van der Waals surface area contributed by atoms with Gasteiger partial charge in [-0.3, -0.25) is 4.98 Å². The molecule has 0 aliphatic heterocycles. The van der Waals surface area contributed by atoms with Gasteiger partial charge in [-0.05, 0) is 35.9 Å². The zero-order chi connectivity index (χ0) is 12.1. The summed E-state index contributed by atoms with van der Waals surface area (Å²) in [7, 11) is 0. The number of furan rings is 1. The highest BCUT2D eigenvalue weighted by Crippen LogP contribution is 2.22. The van der Waals surface area contributed by atoms with Crippen LogP contribution in [0.25, 0.3) is 0 Å². The zero-order valence-electron chi connectivity index (χ0n) is 9.04. The molecule has 90 valence electrons. The normalized spacial score (nSPS) is 12.4. The van der Waals surface area contributed by atoms with Crippen LogP contribution < -0.4 is 4.74 Å². The molecule has 2 aromatic rings. The number of rotatable bonds is 5. The van der Waals surface area contributed by atoms with Gasteiger partial charge < -0.3 is 14.3 Å². The van der Waals surface area contributed by atoms with Crippen molar-refractivity contribution < 1.29 is 14.3 Å². The number of pyridine rings is 1. The molecule has 2 aromatic heterocycles. The second-order valence-electron chi connectivity index (χ2n) is 3.52. The molecule has 0 aliphatic rings. The number of hydrogen-bond acceptors (Lipinski definition) is 4. The quantitative estimate of drug-likeness (QED) is 0.889. The van der Waals surface area contributed by atoms with E-state index >= 15 is 0 Å². The molecule has 0 saturated carbocycles. The van der Waals surface area contributed by atoms with E-state index in [1.807, 2.05) is 0 Å². The minimum absolute atomic E-state index is 0.0654. The summed E-state index contributed by atoms with van der Waals surface area (Å²) in [5, 5.41) is 9.57. The lowest BCUT2D eigenvalue weighted by Gasteiger charge is -2.12. The van der Waals surface area contributed by atoms with Gasteiger partial charge in [0.1, 0.15) is 18.1 Å². The molecule has 0 aromatic carbocycles. The Morgan fingerprint density at radius 1 is 1.41 bits per heavy atom. The first-order valence-corrected chi connectivity index (χ1v) is 5.56. The van der Waals surface area contributed by atoms with Gasteiger partial charge in [0.05, 0.1) is 18.7 Å². The molecule has 5 heteroatoms. The third-order valence-corrected chi connectivity index (χ3v) is 2.51. The van der Waals surface area contributed by atoms with Crippen LogP contribution in [0.1, 0.15) is 11.7 Å². The number of ether oxygens (including phenoxy) is 1. The minimum atomic E-state index is -0.234. The van der Waals surface area contributed by atoms with Crippen molar-refractivity contribution in [3.63, 3.8) is 0 Å². The maximum absolute atomic E-state index is 9.27. The van der Waals surface area contributed by atoms with E-state index in [2.05, 4.69) is 4.98 Å². The Bertz CT molecular complexity index is 458. The summed E-state index contributed by atoms with van der Waals surface area (Å²) in [5.41, 5.74) is 0. The van der Waals surface area contributed by atoms with E-state index in [1.165, 1.54) is 0 Å². The van der Waals surface area contributed by atoms with Crippen LogP contribution in [0, 0.1) is 0 Å². The number of aliphatic hydroxyl groups is 1. The molecular formula is C12H12ClNO3. The maximum atomic E-state index is 9.27. The fraction of sp³-hybridized carbons (Fsp3) is 0.250.